The van der Waals surface area contributed by atoms with E-state index in [0.29, 0.717) is 6.54 Å². The Morgan fingerprint density at radius 2 is 1.43 bits per heavy atom. The molecule has 0 fully saturated rings. The quantitative estimate of drug-likeness (QED) is 0.698. The molecule has 0 aliphatic carbocycles. The first-order valence-electron chi connectivity index (χ1n) is 8.18. The Kier molecular flexibility index (Phi) is 4.51. The minimum Gasteiger partial charge on any atom is -0.508 e. The Morgan fingerprint density at radius 3 is 2.09 bits per heavy atom. The average molecular weight is 309 g/mol. The van der Waals surface area contributed by atoms with Gasteiger partial charge >= 0.3 is 0 Å². The first-order chi connectivity index (χ1) is 11.1. The number of hydrogen-bond donors (Lipinski definition) is 2. The van der Waals surface area contributed by atoms with Crippen LogP contribution in [0.3, 0.4) is 0 Å². The molecule has 3 rings (SSSR count). The molecule has 120 valence electrons. The maximum atomic E-state index is 10.5. The monoisotopic (exact) mass is 309 g/mol. The van der Waals surface area contributed by atoms with Crippen molar-refractivity contribution in [3.05, 3.63) is 54.1 Å². The van der Waals surface area contributed by atoms with E-state index < -0.39 is 6.10 Å². The van der Waals surface area contributed by atoms with Crippen molar-refractivity contribution in [2.45, 2.75) is 20.0 Å². The molecule has 0 aliphatic heterocycles. The molecule has 0 saturated heterocycles. The van der Waals surface area contributed by atoms with Gasteiger partial charge in [0.15, 0.2) is 0 Å². The van der Waals surface area contributed by atoms with Crippen LogP contribution in [0.5, 0.6) is 5.75 Å². The predicted octanol–water partition coefficient (Wildman–Crippen LogP) is 4.07. The average Bonchev–Trinajstić information content (AvgIpc) is 2.58. The van der Waals surface area contributed by atoms with Crippen molar-refractivity contribution in [3.8, 4) is 5.75 Å². The highest BCUT2D eigenvalue weighted by Crippen LogP contribution is 2.30. The second kappa shape index (κ2) is 6.57. The molecule has 0 heterocycles. The Labute approximate surface area is 136 Å². The van der Waals surface area contributed by atoms with Crippen molar-refractivity contribution in [2.75, 3.05) is 19.6 Å². The fraction of sp³-hybridized carbons (Fsp3) is 0.300. The first kappa shape index (κ1) is 15.8. The molecule has 0 bridgehead atoms. The Bertz CT molecular complexity index is 824. The molecular formula is C20H23NO2. The maximum Gasteiger partial charge on any atom is 0.116 e. The Hall–Kier alpha value is -2.10. The van der Waals surface area contributed by atoms with Crippen molar-refractivity contribution < 1.29 is 10.2 Å². The van der Waals surface area contributed by atoms with Gasteiger partial charge < -0.3 is 15.1 Å². The zero-order valence-electron chi connectivity index (χ0n) is 13.7. The molecule has 3 aromatic rings. The highest BCUT2D eigenvalue weighted by Gasteiger charge is 2.12. The zero-order valence-corrected chi connectivity index (χ0v) is 13.7. The number of likely N-dealkylation sites (N-methyl/N-ethyl adjacent to an activating group) is 1. The van der Waals surface area contributed by atoms with Crippen LogP contribution >= 0.6 is 0 Å². The van der Waals surface area contributed by atoms with Crippen LogP contribution in [0.2, 0.25) is 0 Å². The van der Waals surface area contributed by atoms with E-state index in [-0.39, 0.29) is 5.75 Å². The lowest BCUT2D eigenvalue weighted by atomic mass is 9.98. The number of benzene rings is 3. The van der Waals surface area contributed by atoms with E-state index >= 15 is 0 Å². The summed E-state index contributed by atoms with van der Waals surface area (Å²) in [5.41, 5.74) is 0.917. The molecule has 0 saturated carbocycles. The van der Waals surface area contributed by atoms with E-state index in [0.717, 1.165) is 40.2 Å². The third kappa shape index (κ3) is 3.16. The molecule has 3 aromatic carbocycles. The van der Waals surface area contributed by atoms with E-state index in [4.69, 9.17) is 0 Å². The summed E-state index contributed by atoms with van der Waals surface area (Å²) in [6, 6.07) is 15.6. The first-order valence-corrected chi connectivity index (χ1v) is 8.18. The van der Waals surface area contributed by atoms with Gasteiger partial charge in [-0.25, -0.2) is 0 Å². The topological polar surface area (TPSA) is 43.7 Å². The van der Waals surface area contributed by atoms with Crippen LogP contribution in [0.4, 0.5) is 0 Å². The molecule has 0 spiro atoms. The minimum absolute atomic E-state index is 0.263. The molecule has 0 aliphatic rings. The third-order valence-corrected chi connectivity index (χ3v) is 4.56. The number of aliphatic hydroxyl groups excluding tert-OH is 1. The minimum atomic E-state index is -0.508. The lowest BCUT2D eigenvalue weighted by Gasteiger charge is -2.22. The predicted molar refractivity (Wildman–Crippen MR) is 95.9 cm³/mol. The molecular weight excluding hydrogens is 286 g/mol. The van der Waals surface area contributed by atoms with Gasteiger partial charge in [-0.1, -0.05) is 44.2 Å². The fourth-order valence-corrected chi connectivity index (χ4v) is 3.09. The Balaban J connectivity index is 2.06. The van der Waals surface area contributed by atoms with E-state index in [1.54, 1.807) is 12.1 Å². The number of nitrogens with zero attached hydrogens (tertiary/aromatic N) is 1. The smallest absolute Gasteiger partial charge is 0.116 e. The fourth-order valence-electron chi connectivity index (χ4n) is 3.09. The van der Waals surface area contributed by atoms with Gasteiger partial charge in [0.1, 0.15) is 5.75 Å². The summed E-state index contributed by atoms with van der Waals surface area (Å²) < 4.78 is 0. The van der Waals surface area contributed by atoms with E-state index in [1.165, 1.54) is 0 Å². The summed E-state index contributed by atoms with van der Waals surface area (Å²) in [6.07, 6.45) is -0.508. The number of fused-ring (bicyclic) bond motifs is 3. The van der Waals surface area contributed by atoms with Gasteiger partial charge in [-0.15, -0.1) is 0 Å². The van der Waals surface area contributed by atoms with E-state index in [1.807, 2.05) is 24.3 Å². The van der Waals surface area contributed by atoms with Crippen molar-refractivity contribution in [2.24, 2.45) is 0 Å². The summed E-state index contributed by atoms with van der Waals surface area (Å²) in [5.74, 6) is 0.263. The van der Waals surface area contributed by atoms with Crippen molar-refractivity contribution in [1.29, 1.82) is 0 Å². The zero-order chi connectivity index (χ0) is 16.4. The molecule has 0 amide bonds. The number of rotatable bonds is 5. The highest BCUT2D eigenvalue weighted by atomic mass is 16.3. The van der Waals surface area contributed by atoms with Gasteiger partial charge in [-0.05, 0) is 58.4 Å². The van der Waals surface area contributed by atoms with Gasteiger partial charge in [-0.3, -0.25) is 0 Å². The number of aromatic hydroxyl groups is 1. The lowest BCUT2D eigenvalue weighted by molar-refractivity contribution is 0.119. The summed E-state index contributed by atoms with van der Waals surface area (Å²) >= 11 is 0. The second-order valence-electron chi connectivity index (χ2n) is 5.95. The highest BCUT2D eigenvalue weighted by molar-refractivity contribution is 6.08. The Morgan fingerprint density at radius 1 is 0.870 bits per heavy atom. The molecule has 1 atom stereocenters. The molecule has 0 radical (unpaired) electrons. The van der Waals surface area contributed by atoms with Gasteiger partial charge in [0.05, 0.1) is 6.10 Å². The van der Waals surface area contributed by atoms with Crippen molar-refractivity contribution in [1.82, 2.24) is 4.90 Å². The van der Waals surface area contributed by atoms with Crippen LogP contribution in [0, 0.1) is 0 Å². The maximum absolute atomic E-state index is 10.5. The molecule has 3 heteroatoms. The SMILES string of the molecule is CCN(CC)C[C@H](O)c1ccc2ccc3ccc(O)cc3c2c1. The van der Waals surface area contributed by atoms with Crippen molar-refractivity contribution >= 4 is 21.5 Å². The molecule has 3 nitrogen and oxygen atoms in total. The third-order valence-electron chi connectivity index (χ3n) is 4.56. The van der Waals surface area contributed by atoms with Crippen molar-refractivity contribution in [3.63, 3.8) is 0 Å². The van der Waals surface area contributed by atoms with Crippen LogP contribution in [0.1, 0.15) is 25.5 Å². The summed E-state index contributed by atoms with van der Waals surface area (Å²) in [7, 11) is 0. The van der Waals surface area contributed by atoms with Gasteiger partial charge in [0, 0.05) is 6.54 Å². The number of hydrogen-bond acceptors (Lipinski definition) is 3. The van der Waals surface area contributed by atoms with Gasteiger partial charge in [0.2, 0.25) is 0 Å². The van der Waals surface area contributed by atoms with Crippen LogP contribution < -0.4 is 0 Å². The number of aliphatic hydroxyl groups is 1. The van der Waals surface area contributed by atoms with Crippen LogP contribution in [0.15, 0.2) is 48.5 Å². The van der Waals surface area contributed by atoms with E-state index in [2.05, 4.69) is 30.9 Å². The summed E-state index contributed by atoms with van der Waals surface area (Å²) in [4.78, 5) is 2.21. The van der Waals surface area contributed by atoms with Gasteiger partial charge in [-0.2, -0.15) is 0 Å². The molecule has 2 N–H and O–H groups in total. The van der Waals surface area contributed by atoms with Gasteiger partial charge in [0.25, 0.3) is 0 Å². The summed E-state index contributed by atoms with van der Waals surface area (Å²) in [5, 5.41) is 24.6. The van der Waals surface area contributed by atoms with E-state index in [9.17, 15) is 10.2 Å². The standard InChI is InChI=1S/C20H23NO2/c1-3-21(4-2)13-20(23)16-8-7-14-5-6-15-9-10-17(22)12-19(15)18(14)11-16/h5-12,20,22-23H,3-4,13H2,1-2H3/t20-/m0/s1. The number of phenols is 1. The molecule has 0 aromatic heterocycles. The normalized spacial score (nSPS) is 13.0. The van der Waals surface area contributed by atoms with Crippen LogP contribution in [-0.2, 0) is 0 Å². The molecule has 0 unspecified atom stereocenters. The lowest BCUT2D eigenvalue weighted by Crippen LogP contribution is -2.28. The molecule has 23 heavy (non-hydrogen) atoms. The largest absolute Gasteiger partial charge is 0.508 e. The second-order valence-corrected chi connectivity index (χ2v) is 5.95. The summed E-state index contributed by atoms with van der Waals surface area (Å²) in [6.45, 7) is 6.70. The van der Waals surface area contributed by atoms with Crippen LogP contribution in [-0.4, -0.2) is 34.7 Å². The number of phenolic OH excluding ortho intramolecular Hbond substituents is 1. The van der Waals surface area contributed by atoms with Crippen LogP contribution in [0.25, 0.3) is 21.5 Å².